The van der Waals surface area contributed by atoms with E-state index in [0.29, 0.717) is 6.54 Å². The summed E-state index contributed by atoms with van der Waals surface area (Å²) in [6.45, 7) is 6.30. The minimum absolute atomic E-state index is 0.0207. The Labute approximate surface area is 143 Å². The predicted octanol–water partition coefficient (Wildman–Crippen LogP) is 2.86. The van der Waals surface area contributed by atoms with Gasteiger partial charge in [0.05, 0.1) is 6.61 Å². The van der Waals surface area contributed by atoms with Crippen molar-refractivity contribution in [2.45, 2.75) is 46.2 Å². The Kier molecular flexibility index (Phi) is 5.18. The molecule has 0 radical (unpaired) electrons. The van der Waals surface area contributed by atoms with E-state index >= 15 is 0 Å². The van der Waals surface area contributed by atoms with Gasteiger partial charge >= 0.3 is 0 Å². The summed E-state index contributed by atoms with van der Waals surface area (Å²) in [6.07, 6.45) is 6.38. The molecule has 1 N–H and O–H groups in total. The molecule has 1 atom stereocenters. The maximum atomic E-state index is 12.4. The lowest BCUT2D eigenvalue weighted by atomic mass is 9.96. The second-order valence-electron chi connectivity index (χ2n) is 6.38. The van der Waals surface area contributed by atoms with E-state index < -0.39 is 0 Å². The lowest BCUT2D eigenvalue weighted by Crippen LogP contribution is -2.35. The molecule has 1 amide bonds. The van der Waals surface area contributed by atoms with E-state index in [4.69, 9.17) is 4.74 Å². The first-order chi connectivity index (χ1) is 11.7. The summed E-state index contributed by atoms with van der Waals surface area (Å²) in [7, 11) is 0. The average Bonchev–Trinajstić information content (AvgIpc) is 3.06. The number of nitrogens with zero attached hydrogens (tertiary/aromatic N) is 2. The van der Waals surface area contributed by atoms with E-state index in [2.05, 4.69) is 28.7 Å². The number of rotatable bonds is 6. The monoisotopic (exact) mass is 327 g/mol. The summed E-state index contributed by atoms with van der Waals surface area (Å²) in [5.74, 6) is 2.04. The Morgan fingerprint density at radius 3 is 3.12 bits per heavy atom. The van der Waals surface area contributed by atoms with Crippen LogP contribution in [-0.4, -0.2) is 22.1 Å². The van der Waals surface area contributed by atoms with Crippen LogP contribution in [0.4, 0.5) is 0 Å². The molecule has 1 aromatic carbocycles. The van der Waals surface area contributed by atoms with Crippen LogP contribution >= 0.6 is 0 Å². The fourth-order valence-corrected chi connectivity index (χ4v) is 3.08. The molecule has 0 fully saturated rings. The predicted molar refractivity (Wildman–Crippen MR) is 92.8 cm³/mol. The molecule has 0 aliphatic carbocycles. The Balaban J connectivity index is 1.55. The zero-order chi connectivity index (χ0) is 16.9. The number of hydrogen-bond acceptors (Lipinski definition) is 3. The molecule has 3 rings (SSSR count). The van der Waals surface area contributed by atoms with Gasteiger partial charge in [-0.15, -0.1) is 0 Å². The van der Waals surface area contributed by atoms with Crippen molar-refractivity contribution >= 4 is 5.91 Å². The number of carbonyl (C=O) groups is 1. The smallest absolute Gasteiger partial charge is 0.223 e. The molecule has 0 saturated carbocycles. The third-order valence-electron chi connectivity index (χ3n) is 4.56. The summed E-state index contributed by atoms with van der Waals surface area (Å²) >= 11 is 0. The van der Waals surface area contributed by atoms with Crippen molar-refractivity contribution in [3.05, 3.63) is 47.5 Å². The van der Waals surface area contributed by atoms with Gasteiger partial charge in [0.1, 0.15) is 11.6 Å². The van der Waals surface area contributed by atoms with Crippen LogP contribution in [0.15, 0.2) is 30.6 Å². The molecule has 0 saturated heterocycles. The summed E-state index contributed by atoms with van der Waals surface area (Å²) in [6, 6.07) is 6.05. The van der Waals surface area contributed by atoms with Crippen LogP contribution in [-0.2, 0) is 24.3 Å². The summed E-state index contributed by atoms with van der Waals surface area (Å²) < 4.78 is 7.77. The molecule has 24 heavy (non-hydrogen) atoms. The van der Waals surface area contributed by atoms with E-state index in [-0.39, 0.29) is 11.8 Å². The molecular weight excluding hydrogens is 302 g/mol. The quantitative estimate of drug-likeness (QED) is 0.887. The lowest BCUT2D eigenvalue weighted by Gasteiger charge is -2.22. The van der Waals surface area contributed by atoms with Crippen LogP contribution in [0.3, 0.4) is 0 Å². The van der Waals surface area contributed by atoms with Crippen molar-refractivity contribution in [1.82, 2.24) is 14.9 Å². The van der Waals surface area contributed by atoms with Crippen LogP contribution in [0.1, 0.15) is 36.7 Å². The fourth-order valence-electron chi connectivity index (χ4n) is 3.08. The van der Waals surface area contributed by atoms with Crippen molar-refractivity contribution in [1.29, 1.82) is 0 Å². The van der Waals surface area contributed by atoms with Crippen LogP contribution in [0.25, 0.3) is 0 Å². The fraction of sp³-hybridized carbons (Fsp3) is 0.474. The molecule has 2 heterocycles. The SMILES string of the molecule is CCCOc1ccc(CNC(=O)C2CCn3ccnc3C2)c(C)c1. The van der Waals surface area contributed by atoms with Crippen molar-refractivity contribution in [2.24, 2.45) is 5.92 Å². The van der Waals surface area contributed by atoms with Gasteiger partial charge in [-0.3, -0.25) is 4.79 Å². The largest absolute Gasteiger partial charge is 0.494 e. The van der Waals surface area contributed by atoms with E-state index in [1.165, 1.54) is 0 Å². The number of hydrogen-bond donors (Lipinski definition) is 1. The zero-order valence-electron chi connectivity index (χ0n) is 14.4. The first kappa shape index (κ1) is 16.6. The minimum atomic E-state index is 0.0207. The Bertz CT molecular complexity index is 708. The molecule has 0 spiro atoms. The van der Waals surface area contributed by atoms with Crippen LogP contribution in [0, 0.1) is 12.8 Å². The molecule has 5 heteroatoms. The summed E-state index contributed by atoms with van der Waals surface area (Å²) in [5.41, 5.74) is 2.27. The zero-order valence-corrected chi connectivity index (χ0v) is 14.4. The molecule has 2 aromatic rings. The van der Waals surface area contributed by atoms with Gasteiger partial charge < -0.3 is 14.6 Å². The molecule has 1 aliphatic rings. The molecule has 0 bridgehead atoms. The molecular formula is C19H25N3O2. The number of amides is 1. The van der Waals surface area contributed by atoms with E-state index in [1.54, 1.807) is 6.20 Å². The van der Waals surface area contributed by atoms with E-state index in [0.717, 1.165) is 55.1 Å². The van der Waals surface area contributed by atoms with Gasteiger partial charge in [-0.25, -0.2) is 4.98 Å². The maximum absolute atomic E-state index is 12.4. The molecule has 5 nitrogen and oxygen atoms in total. The highest BCUT2D eigenvalue weighted by Gasteiger charge is 2.25. The second-order valence-corrected chi connectivity index (χ2v) is 6.38. The number of fused-ring (bicyclic) bond motifs is 1. The minimum Gasteiger partial charge on any atom is -0.494 e. The molecule has 1 aliphatic heterocycles. The first-order valence-electron chi connectivity index (χ1n) is 8.67. The van der Waals surface area contributed by atoms with Gasteiger partial charge in [-0.05, 0) is 43.0 Å². The summed E-state index contributed by atoms with van der Waals surface area (Å²) in [4.78, 5) is 16.8. The van der Waals surface area contributed by atoms with Gasteiger partial charge in [0, 0.05) is 37.8 Å². The first-order valence-corrected chi connectivity index (χ1v) is 8.67. The highest BCUT2D eigenvalue weighted by Crippen LogP contribution is 2.20. The van der Waals surface area contributed by atoms with Crippen molar-refractivity contribution < 1.29 is 9.53 Å². The van der Waals surface area contributed by atoms with Gasteiger partial charge in [0.15, 0.2) is 0 Å². The van der Waals surface area contributed by atoms with Crippen LogP contribution in [0.2, 0.25) is 0 Å². The number of benzene rings is 1. The van der Waals surface area contributed by atoms with Gasteiger partial charge in [0.25, 0.3) is 0 Å². The standard InChI is InChI=1S/C19H25N3O2/c1-3-10-24-17-5-4-16(14(2)11-17)13-21-19(23)15-6-8-22-9-7-20-18(22)12-15/h4-5,7,9,11,15H,3,6,8,10,12-13H2,1-2H3,(H,21,23). The Hall–Kier alpha value is -2.30. The third kappa shape index (κ3) is 3.78. The molecule has 1 aromatic heterocycles. The number of aromatic nitrogens is 2. The number of imidazole rings is 1. The van der Waals surface area contributed by atoms with Crippen LogP contribution in [0.5, 0.6) is 5.75 Å². The van der Waals surface area contributed by atoms with Crippen molar-refractivity contribution in [2.75, 3.05) is 6.61 Å². The summed E-state index contributed by atoms with van der Waals surface area (Å²) in [5, 5.41) is 3.08. The number of carbonyl (C=O) groups excluding carboxylic acids is 1. The Morgan fingerprint density at radius 2 is 2.33 bits per heavy atom. The van der Waals surface area contributed by atoms with Crippen molar-refractivity contribution in [3.8, 4) is 5.75 Å². The number of nitrogens with one attached hydrogen (secondary N) is 1. The highest BCUT2D eigenvalue weighted by molar-refractivity contribution is 5.79. The normalized spacial score (nSPS) is 16.5. The van der Waals surface area contributed by atoms with Crippen LogP contribution < -0.4 is 10.1 Å². The van der Waals surface area contributed by atoms with E-state index in [9.17, 15) is 4.79 Å². The van der Waals surface area contributed by atoms with Gasteiger partial charge in [0.2, 0.25) is 5.91 Å². The lowest BCUT2D eigenvalue weighted by molar-refractivity contribution is -0.125. The number of aryl methyl sites for hydroxylation is 2. The molecule has 1 unspecified atom stereocenters. The average molecular weight is 327 g/mol. The highest BCUT2D eigenvalue weighted by atomic mass is 16.5. The molecule has 128 valence electrons. The van der Waals surface area contributed by atoms with E-state index in [1.807, 2.05) is 24.4 Å². The van der Waals surface area contributed by atoms with Gasteiger partial charge in [-0.2, -0.15) is 0 Å². The second kappa shape index (κ2) is 7.51. The Morgan fingerprint density at radius 1 is 1.46 bits per heavy atom. The van der Waals surface area contributed by atoms with Gasteiger partial charge in [-0.1, -0.05) is 13.0 Å². The third-order valence-corrected chi connectivity index (χ3v) is 4.56. The topological polar surface area (TPSA) is 56.1 Å². The van der Waals surface area contributed by atoms with Crippen molar-refractivity contribution in [3.63, 3.8) is 0 Å². The number of ether oxygens (including phenoxy) is 1. The maximum Gasteiger partial charge on any atom is 0.223 e.